The maximum Gasteiger partial charge on any atom is 0.435 e. The lowest BCUT2D eigenvalue weighted by Gasteiger charge is -2.01. The average molecular weight is 246 g/mol. The van der Waals surface area contributed by atoms with Crippen LogP contribution >= 0.6 is 22.9 Å². The molecule has 1 aromatic heterocycles. The van der Waals surface area contributed by atoms with Gasteiger partial charge in [-0.1, -0.05) is 11.6 Å². The van der Waals surface area contributed by atoms with Crippen molar-refractivity contribution in [3.8, 4) is 0 Å². The number of halogens is 1. The molecule has 0 spiro atoms. The van der Waals surface area contributed by atoms with Crippen LogP contribution in [-0.2, 0) is 11.2 Å². The summed E-state index contributed by atoms with van der Waals surface area (Å²) in [6.07, 6.45) is 2.02. The summed E-state index contributed by atoms with van der Waals surface area (Å²) in [7, 11) is 0. The molecule has 2 rings (SSSR count). The van der Waals surface area contributed by atoms with E-state index in [0.29, 0.717) is 16.8 Å². The van der Waals surface area contributed by atoms with Crippen LogP contribution in [0.2, 0.25) is 4.47 Å². The second kappa shape index (κ2) is 4.59. The zero-order chi connectivity index (χ0) is 10.7. The number of nitrogens with zero attached hydrogens (tertiary/aromatic N) is 2. The lowest BCUT2D eigenvalue weighted by atomic mass is 10.4. The molecular weight excluding hydrogens is 238 g/mol. The molecule has 7 heteroatoms. The molecule has 0 saturated carbocycles. The molecule has 0 atom stereocenters. The highest BCUT2D eigenvalue weighted by Gasteiger charge is 2.13. The first kappa shape index (κ1) is 10.4. The van der Waals surface area contributed by atoms with Crippen molar-refractivity contribution in [2.75, 3.05) is 13.2 Å². The van der Waals surface area contributed by atoms with E-state index in [0.717, 1.165) is 11.3 Å². The number of thiazole rings is 1. The second-order valence-corrected chi connectivity index (χ2v) is 4.57. The number of hydrogen-bond donors (Lipinski definition) is 1. The third kappa shape index (κ3) is 2.90. The van der Waals surface area contributed by atoms with Gasteiger partial charge >= 0.3 is 6.09 Å². The number of carbonyl (C=O) groups is 1. The molecular formula is C8H8ClN3O2S. The summed E-state index contributed by atoms with van der Waals surface area (Å²) < 4.78 is 5.18. The fraction of sp³-hybridized carbons (Fsp3) is 0.375. The third-order valence-corrected chi connectivity index (χ3v) is 2.96. The van der Waals surface area contributed by atoms with Crippen LogP contribution in [0, 0.1) is 0 Å². The highest BCUT2D eigenvalue weighted by atomic mass is 35.5. The van der Waals surface area contributed by atoms with Crippen LogP contribution in [0.15, 0.2) is 11.2 Å². The molecule has 2 heterocycles. The van der Waals surface area contributed by atoms with Crippen molar-refractivity contribution in [1.82, 2.24) is 10.3 Å². The van der Waals surface area contributed by atoms with Gasteiger partial charge in [0.15, 0.2) is 11.1 Å². The van der Waals surface area contributed by atoms with Crippen molar-refractivity contribution >= 4 is 34.9 Å². The molecule has 5 nitrogen and oxygen atoms in total. The second-order valence-electron chi connectivity index (χ2n) is 2.87. The smallest absolute Gasteiger partial charge is 0.435 e. The third-order valence-electron chi connectivity index (χ3n) is 1.78. The van der Waals surface area contributed by atoms with Gasteiger partial charge in [0, 0.05) is 24.0 Å². The molecule has 1 N–H and O–H groups in total. The van der Waals surface area contributed by atoms with Gasteiger partial charge in [0.1, 0.15) is 5.84 Å². The van der Waals surface area contributed by atoms with Crippen LogP contribution in [0.1, 0.15) is 4.88 Å². The Morgan fingerprint density at radius 3 is 3.13 bits per heavy atom. The fourth-order valence-corrected chi connectivity index (χ4v) is 2.10. The number of hydrogen-bond acceptors (Lipinski definition) is 5. The van der Waals surface area contributed by atoms with Crippen molar-refractivity contribution in [2.24, 2.45) is 4.99 Å². The number of rotatable bonds is 3. The molecule has 1 aromatic rings. The normalized spacial score (nSPS) is 15.0. The van der Waals surface area contributed by atoms with Gasteiger partial charge in [-0.2, -0.15) is 4.99 Å². The number of cyclic esters (lactones) is 1. The molecule has 1 amide bonds. The monoisotopic (exact) mass is 245 g/mol. The van der Waals surface area contributed by atoms with Crippen molar-refractivity contribution in [1.29, 1.82) is 0 Å². The number of amidine groups is 1. The van der Waals surface area contributed by atoms with Gasteiger partial charge in [-0.05, 0) is 0 Å². The topological polar surface area (TPSA) is 63.6 Å². The quantitative estimate of drug-likeness (QED) is 0.876. The molecule has 0 unspecified atom stereocenters. The van der Waals surface area contributed by atoms with Crippen molar-refractivity contribution in [2.45, 2.75) is 6.42 Å². The van der Waals surface area contributed by atoms with Gasteiger partial charge in [-0.3, -0.25) is 0 Å². The van der Waals surface area contributed by atoms with Crippen LogP contribution in [-0.4, -0.2) is 30.1 Å². The van der Waals surface area contributed by atoms with Crippen molar-refractivity contribution in [3.05, 3.63) is 15.5 Å². The van der Waals surface area contributed by atoms with E-state index in [1.807, 2.05) is 0 Å². The summed E-state index contributed by atoms with van der Waals surface area (Å²) in [5.41, 5.74) is 0. The van der Waals surface area contributed by atoms with Crippen LogP contribution in [0.25, 0.3) is 0 Å². The number of ether oxygens (including phenoxy) is 1. The zero-order valence-corrected chi connectivity index (χ0v) is 9.27. The molecule has 0 saturated heterocycles. The van der Waals surface area contributed by atoms with E-state index in [2.05, 4.69) is 20.0 Å². The predicted molar refractivity (Wildman–Crippen MR) is 57.6 cm³/mol. The first-order valence-corrected chi connectivity index (χ1v) is 5.52. The Labute approximate surface area is 95.1 Å². The fourth-order valence-electron chi connectivity index (χ4n) is 1.12. The predicted octanol–water partition coefficient (Wildman–Crippen LogP) is 1.48. The van der Waals surface area contributed by atoms with Crippen molar-refractivity contribution in [3.63, 3.8) is 0 Å². The van der Waals surface area contributed by atoms with Crippen LogP contribution in [0.4, 0.5) is 4.79 Å². The van der Waals surface area contributed by atoms with E-state index in [9.17, 15) is 4.79 Å². The number of aliphatic imine (C=N–C) groups is 1. The molecule has 0 bridgehead atoms. The van der Waals surface area contributed by atoms with E-state index in [1.165, 1.54) is 11.3 Å². The molecule has 80 valence electrons. The molecule has 1 aliphatic heterocycles. The van der Waals surface area contributed by atoms with E-state index in [4.69, 9.17) is 11.6 Å². The molecule has 0 aromatic carbocycles. The largest absolute Gasteiger partial charge is 0.440 e. The average Bonchev–Trinajstić information content (AvgIpc) is 2.76. The van der Waals surface area contributed by atoms with E-state index in [1.54, 1.807) is 6.20 Å². The van der Waals surface area contributed by atoms with Gasteiger partial charge in [-0.15, -0.1) is 11.3 Å². The lowest BCUT2D eigenvalue weighted by molar-refractivity contribution is 0.180. The van der Waals surface area contributed by atoms with Crippen LogP contribution < -0.4 is 5.32 Å². The Morgan fingerprint density at radius 2 is 2.53 bits per heavy atom. The molecule has 15 heavy (non-hydrogen) atoms. The maximum absolute atomic E-state index is 10.6. The Morgan fingerprint density at radius 1 is 1.67 bits per heavy atom. The summed E-state index contributed by atoms with van der Waals surface area (Å²) in [5.74, 6) is 0.579. The SMILES string of the molecule is O=C1N=C(NCCc2cnc(Cl)s2)CO1. The Kier molecular flexibility index (Phi) is 3.17. The molecule has 0 aliphatic carbocycles. The zero-order valence-electron chi connectivity index (χ0n) is 7.70. The molecule has 1 aliphatic rings. The minimum atomic E-state index is -0.529. The highest BCUT2D eigenvalue weighted by molar-refractivity contribution is 7.15. The summed E-state index contributed by atoms with van der Waals surface area (Å²) in [4.78, 5) is 19.3. The number of aromatic nitrogens is 1. The minimum absolute atomic E-state index is 0.238. The molecule has 0 fully saturated rings. The van der Waals surface area contributed by atoms with Gasteiger partial charge < -0.3 is 10.1 Å². The van der Waals surface area contributed by atoms with Gasteiger partial charge in [-0.25, -0.2) is 9.78 Å². The summed E-state index contributed by atoms with van der Waals surface area (Å²) >= 11 is 7.13. The van der Waals surface area contributed by atoms with Gasteiger partial charge in [0.05, 0.1) is 0 Å². The van der Waals surface area contributed by atoms with Crippen LogP contribution in [0.5, 0.6) is 0 Å². The Hall–Kier alpha value is -1.14. The van der Waals surface area contributed by atoms with E-state index in [-0.39, 0.29) is 6.61 Å². The van der Waals surface area contributed by atoms with E-state index < -0.39 is 6.09 Å². The van der Waals surface area contributed by atoms with E-state index >= 15 is 0 Å². The molecule has 0 radical (unpaired) electrons. The Bertz CT molecular complexity index is 404. The standard InChI is InChI=1S/C8H8ClN3O2S/c9-7-11-3-5(15-7)1-2-10-6-4-14-8(13)12-6/h3H,1-2,4H2,(H,10,12,13). The van der Waals surface area contributed by atoms with Crippen molar-refractivity contribution < 1.29 is 9.53 Å². The summed E-state index contributed by atoms with van der Waals surface area (Å²) in [6.45, 7) is 0.927. The summed E-state index contributed by atoms with van der Waals surface area (Å²) in [5, 5.41) is 3.01. The number of carbonyl (C=O) groups excluding carboxylic acids is 1. The number of amides is 1. The lowest BCUT2D eigenvalue weighted by Crippen LogP contribution is -2.26. The first-order chi connectivity index (χ1) is 7.24. The van der Waals surface area contributed by atoms with Crippen LogP contribution in [0.3, 0.4) is 0 Å². The Balaban J connectivity index is 1.75. The minimum Gasteiger partial charge on any atom is -0.440 e. The van der Waals surface area contributed by atoms with Gasteiger partial charge in [0.25, 0.3) is 0 Å². The highest BCUT2D eigenvalue weighted by Crippen LogP contribution is 2.17. The van der Waals surface area contributed by atoms with Gasteiger partial charge in [0.2, 0.25) is 0 Å². The first-order valence-electron chi connectivity index (χ1n) is 4.32. The maximum atomic E-state index is 10.6. The summed E-state index contributed by atoms with van der Waals surface area (Å²) in [6, 6.07) is 0. The number of nitrogens with one attached hydrogen (secondary N) is 1.